The minimum atomic E-state index is -0.130. The van der Waals surface area contributed by atoms with Crippen molar-refractivity contribution in [1.82, 2.24) is 19.9 Å². The molecule has 1 amide bonds. The van der Waals surface area contributed by atoms with Crippen molar-refractivity contribution in [3.8, 4) is 11.9 Å². The molecule has 8 heteroatoms. The number of aromatic nitrogens is 3. The second-order valence-corrected chi connectivity index (χ2v) is 6.23. The van der Waals surface area contributed by atoms with Gasteiger partial charge in [-0.15, -0.1) is 0 Å². The van der Waals surface area contributed by atoms with Crippen molar-refractivity contribution >= 4 is 22.8 Å². The highest BCUT2D eigenvalue weighted by Gasteiger charge is 2.32. The van der Waals surface area contributed by atoms with Crippen LogP contribution in [0.3, 0.4) is 0 Å². The van der Waals surface area contributed by atoms with Crippen molar-refractivity contribution in [2.24, 2.45) is 5.92 Å². The molecule has 0 radical (unpaired) electrons. The minimum absolute atomic E-state index is 0.0441. The zero-order chi connectivity index (χ0) is 17.3. The monoisotopic (exact) mass is 328 g/mol. The maximum atomic E-state index is 12.0. The Bertz CT molecular complexity index is 795. The van der Waals surface area contributed by atoms with Crippen molar-refractivity contribution in [2.75, 3.05) is 25.0 Å². The van der Waals surface area contributed by atoms with Gasteiger partial charge in [0.05, 0.1) is 17.5 Å². The summed E-state index contributed by atoms with van der Waals surface area (Å²) in [6.45, 7) is 3.39. The summed E-state index contributed by atoms with van der Waals surface area (Å²) in [5.41, 5.74) is 0.574. The lowest BCUT2D eigenvalue weighted by atomic mass is 9.92. The summed E-state index contributed by atoms with van der Waals surface area (Å²) in [5, 5.41) is 19.2. The van der Waals surface area contributed by atoms with Crippen molar-refractivity contribution in [1.29, 1.82) is 5.26 Å². The van der Waals surface area contributed by atoms with Crippen LogP contribution in [-0.4, -0.2) is 57.0 Å². The molecule has 24 heavy (non-hydrogen) atoms. The average Bonchev–Trinajstić information content (AvgIpc) is 2.95. The highest BCUT2D eigenvalue weighted by molar-refractivity contribution is 5.89. The number of carbonyl (C=O) groups excluding carboxylic acids is 1. The normalized spacial score (nSPS) is 20.8. The first-order valence-electron chi connectivity index (χ1n) is 7.91. The van der Waals surface area contributed by atoms with Gasteiger partial charge in [-0.25, -0.2) is 9.97 Å². The van der Waals surface area contributed by atoms with E-state index in [2.05, 4.69) is 21.9 Å². The lowest BCUT2D eigenvalue weighted by Gasteiger charge is -2.42. The molecule has 2 unspecified atom stereocenters. The molecule has 2 N–H and O–H groups in total. The van der Waals surface area contributed by atoms with Crippen molar-refractivity contribution in [3.63, 3.8) is 0 Å². The molecule has 126 valence electrons. The molecule has 3 heterocycles. The third kappa shape index (κ3) is 2.85. The van der Waals surface area contributed by atoms with Crippen LogP contribution in [0.25, 0.3) is 11.0 Å². The topological polar surface area (TPSA) is 109 Å². The van der Waals surface area contributed by atoms with Gasteiger partial charge in [0.15, 0.2) is 5.88 Å². The van der Waals surface area contributed by atoms with Gasteiger partial charge in [0.1, 0.15) is 24.2 Å². The fourth-order valence-electron chi connectivity index (χ4n) is 3.31. The highest BCUT2D eigenvalue weighted by Crippen LogP contribution is 2.30. The van der Waals surface area contributed by atoms with E-state index >= 15 is 0 Å². The highest BCUT2D eigenvalue weighted by atomic mass is 16.3. The molecule has 1 aliphatic rings. The Morgan fingerprint density at radius 1 is 1.58 bits per heavy atom. The number of nitriles is 1. The first kappa shape index (κ1) is 16.1. The summed E-state index contributed by atoms with van der Waals surface area (Å²) >= 11 is 0. The number of likely N-dealkylation sites (N-methyl/N-ethyl adjacent to an activating group) is 1. The maximum absolute atomic E-state index is 12.0. The van der Waals surface area contributed by atoms with Gasteiger partial charge in [0, 0.05) is 26.2 Å². The number of aromatic amines is 1. The van der Waals surface area contributed by atoms with Crippen LogP contribution in [-0.2, 0) is 4.79 Å². The zero-order valence-corrected chi connectivity index (χ0v) is 13.7. The Balaban J connectivity index is 1.88. The fourth-order valence-corrected chi connectivity index (χ4v) is 3.31. The molecule has 2 aromatic heterocycles. The Kier molecular flexibility index (Phi) is 4.25. The van der Waals surface area contributed by atoms with Gasteiger partial charge in [-0.1, -0.05) is 6.92 Å². The third-order valence-corrected chi connectivity index (χ3v) is 4.72. The van der Waals surface area contributed by atoms with E-state index in [0.29, 0.717) is 30.5 Å². The standard InChI is InChI=1S/C16H20N6O2/c1-10-4-6-22(14(24)3-5-17)8-12(10)21(2)16-11-7-13(23)20-15(11)18-9-19-16/h7,9-10,12,23H,3-4,6,8H2,1-2H3,(H,18,19,20). The van der Waals surface area contributed by atoms with Crippen molar-refractivity contribution in [3.05, 3.63) is 12.4 Å². The van der Waals surface area contributed by atoms with Crippen LogP contribution in [0.5, 0.6) is 5.88 Å². The number of carbonyl (C=O) groups is 1. The largest absolute Gasteiger partial charge is 0.495 e. The molecule has 8 nitrogen and oxygen atoms in total. The van der Waals surface area contributed by atoms with Gasteiger partial charge < -0.3 is 19.9 Å². The van der Waals surface area contributed by atoms with E-state index in [1.165, 1.54) is 6.33 Å². The van der Waals surface area contributed by atoms with Gasteiger partial charge in [-0.05, 0) is 12.3 Å². The predicted molar refractivity (Wildman–Crippen MR) is 88.3 cm³/mol. The first-order chi connectivity index (χ1) is 11.5. The summed E-state index contributed by atoms with van der Waals surface area (Å²) in [4.78, 5) is 27.1. The Hall–Kier alpha value is -2.82. The number of nitrogens with zero attached hydrogens (tertiary/aromatic N) is 5. The number of likely N-dealkylation sites (tertiary alicyclic amines) is 1. The van der Waals surface area contributed by atoms with Crippen LogP contribution in [0.15, 0.2) is 12.4 Å². The lowest BCUT2D eigenvalue weighted by Crippen LogP contribution is -2.52. The number of rotatable bonds is 3. The number of fused-ring (bicyclic) bond motifs is 1. The smallest absolute Gasteiger partial charge is 0.236 e. The van der Waals surface area contributed by atoms with E-state index in [1.807, 2.05) is 18.0 Å². The number of H-pyrrole nitrogens is 1. The van der Waals surface area contributed by atoms with E-state index in [1.54, 1.807) is 11.0 Å². The SMILES string of the molecule is CC1CCN(C(=O)CC#N)CC1N(C)c1ncnc2[nH]c(O)cc12. The van der Waals surface area contributed by atoms with Gasteiger partial charge in [-0.2, -0.15) is 5.26 Å². The molecule has 0 bridgehead atoms. The van der Waals surface area contributed by atoms with Crippen LogP contribution in [0, 0.1) is 17.2 Å². The molecule has 1 saturated heterocycles. The summed E-state index contributed by atoms with van der Waals surface area (Å²) in [6.07, 6.45) is 2.24. The molecular formula is C16H20N6O2. The summed E-state index contributed by atoms with van der Waals surface area (Å²) in [5.74, 6) is 0.999. The van der Waals surface area contributed by atoms with Crippen molar-refractivity contribution in [2.45, 2.75) is 25.8 Å². The van der Waals surface area contributed by atoms with Crippen molar-refractivity contribution < 1.29 is 9.90 Å². The third-order valence-electron chi connectivity index (χ3n) is 4.72. The number of amides is 1. The van der Waals surface area contributed by atoms with Crippen LogP contribution < -0.4 is 4.90 Å². The predicted octanol–water partition coefficient (Wildman–Crippen LogP) is 1.25. The Morgan fingerprint density at radius 2 is 2.38 bits per heavy atom. The second-order valence-electron chi connectivity index (χ2n) is 6.23. The number of aromatic hydroxyl groups is 1. The Morgan fingerprint density at radius 3 is 3.12 bits per heavy atom. The number of hydrogen-bond donors (Lipinski definition) is 2. The van der Waals surface area contributed by atoms with E-state index in [0.717, 1.165) is 11.8 Å². The number of piperidine rings is 1. The van der Waals surface area contributed by atoms with Crippen LogP contribution >= 0.6 is 0 Å². The molecule has 0 aliphatic carbocycles. The van der Waals surface area contributed by atoms with Crippen LogP contribution in [0.1, 0.15) is 19.8 Å². The van der Waals surface area contributed by atoms with E-state index < -0.39 is 0 Å². The molecule has 0 spiro atoms. The van der Waals surface area contributed by atoms with Gasteiger partial charge in [0.25, 0.3) is 0 Å². The fraction of sp³-hybridized carbons (Fsp3) is 0.500. The maximum Gasteiger partial charge on any atom is 0.236 e. The molecule has 3 rings (SSSR count). The Labute approximate surface area is 139 Å². The van der Waals surface area contributed by atoms with Gasteiger partial charge >= 0.3 is 0 Å². The zero-order valence-electron chi connectivity index (χ0n) is 13.7. The molecule has 1 aliphatic heterocycles. The molecular weight excluding hydrogens is 308 g/mol. The average molecular weight is 328 g/mol. The first-order valence-corrected chi connectivity index (χ1v) is 7.91. The number of anilines is 1. The number of nitrogens with one attached hydrogen (secondary N) is 1. The van der Waals surface area contributed by atoms with E-state index in [4.69, 9.17) is 5.26 Å². The molecule has 0 saturated carbocycles. The van der Waals surface area contributed by atoms with Crippen LogP contribution in [0.2, 0.25) is 0 Å². The molecule has 0 aromatic carbocycles. The van der Waals surface area contributed by atoms with Crippen LogP contribution in [0.4, 0.5) is 5.82 Å². The van der Waals surface area contributed by atoms with E-state index in [-0.39, 0.29) is 24.2 Å². The van der Waals surface area contributed by atoms with Gasteiger partial charge in [-0.3, -0.25) is 4.79 Å². The molecule has 2 aromatic rings. The summed E-state index contributed by atoms with van der Waals surface area (Å²) < 4.78 is 0. The van der Waals surface area contributed by atoms with Gasteiger partial charge in [0.2, 0.25) is 5.91 Å². The second kappa shape index (κ2) is 6.35. The number of hydrogen-bond acceptors (Lipinski definition) is 6. The molecule has 1 fully saturated rings. The minimum Gasteiger partial charge on any atom is -0.495 e. The quantitative estimate of drug-likeness (QED) is 0.877. The summed E-state index contributed by atoms with van der Waals surface area (Å²) in [7, 11) is 1.94. The van der Waals surface area contributed by atoms with E-state index in [9.17, 15) is 9.90 Å². The lowest BCUT2D eigenvalue weighted by molar-refractivity contribution is -0.131. The molecule has 2 atom stereocenters. The summed E-state index contributed by atoms with van der Waals surface area (Å²) in [6, 6.07) is 3.61.